The zero-order valence-corrected chi connectivity index (χ0v) is 14.7. The van der Waals surface area contributed by atoms with Gasteiger partial charge in [-0.05, 0) is 55.8 Å². The van der Waals surface area contributed by atoms with Gasteiger partial charge in [0.25, 0.3) is 5.69 Å². The van der Waals surface area contributed by atoms with Crippen LogP contribution in [0.15, 0.2) is 47.6 Å². The van der Waals surface area contributed by atoms with E-state index in [1.807, 2.05) is 12.1 Å². The van der Waals surface area contributed by atoms with Crippen molar-refractivity contribution >= 4 is 23.1 Å². The highest BCUT2D eigenvalue weighted by Crippen LogP contribution is 2.26. The number of hydrogen-bond donors (Lipinski definition) is 1. The van der Waals surface area contributed by atoms with E-state index in [-0.39, 0.29) is 23.5 Å². The minimum Gasteiger partial charge on any atom is -0.497 e. The van der Waals surface area contributed by atoms with E-state index in [0.717, 1.165) is 11.3 Å². The van der Waals surface area contributed by atoms with Crippen LogP contribution >= 0.6 is 0 Å². The van der Waals surface area contributed by atoms with Crippen LogP contribution in [0, 0.1) is 10.1 Å². The number of ether oxygens (including phenoxy) is 2. The van der Waals surface area contributed by atoms with Crippen LogP contribution in [0.1, 0.15) is 29.8 Å². The van der Waals surface area contributed by atoms with Crippen molar-refractivity contribution in [3.8, 4) is 5.75 Å². The first kappa shape index (κ1) is 18.9. The second-order valence-corrected chi connectivity index (χ2v) is 5.25. The van der Waals surface area contributed by atoms with Gasteiger partial charge < -0.3 is 9.47 Å². The highest BCUT2D eigenvalue weighted by Gasteiger charge is 2.18. The van der Waals surface area contributed by atoms with Crippen molar-refractivity contribution < 1.29 is 19.2 Å². The first-order chi connectivity index (χ1) is 12.5. The molecule has 0 bridgehead atoms. The molecule has 0 saturated carbocycles. The number of nitrogens with zero attached hydrogens (tertiary/aromatic N) is 2. The highest BCUT2D eigenvalue weighted by molar-refractivity contribution is 5.99. The lowest BCUT2D eigenvalue weighted by Crippen LogP contribution is -2.07. The molecule has 0 radical (unpaired) electrons. The van der Waals surface area contributed by atoms with E-state index < -0.39 is 10.9 Å². The Hall–Kier alpha value is -3.42. The van der Waals surface area contributed by atoms with E-state index in [9.17, 15) is 14.9 Å². The molecule has 8 heteroatoms. The van der Waals surface area contributed by atoms with Crippen LogP contribution < -0.4 is 10.2 Å². The fourth-order valence-electron chi connectivity index (χ4n) is 2.16. The summed E-state index contributed by atoms with van der Waals surface area (Å²) in [6, 6.07) is 11.3. The molecule has 2 aromatic carbocycles. The van der Waals surface area contributed by atoms with Gasteiger partial charge in [0.2, 0.25) is 0 Å². The molecule has 0 unspecified atom stereocenters. The van der Waals surface area contributed by atoms with Crippen molar-refractivity contribution in [1.29, 1.82) is 0 Å². The Bertz CT molecular complexity index is 831. The van der Waals surface area contributed by atoms with Gasteiger partial charge in [0.1, 0.15) is 11.4 Å². The molecule has 8 nitrogen and oxygen atoms in total. The minimum absolute atomic E-state index is 0.111. The van der Waals surface area contributed by atoms with E-state index >= 15 is 0 Å². The molecular formula is C18H19N3O5. The Morgan fingerprint density at radius 3 is 2.42 bits per heavy atom. The summed E-state index contributed by atoms with van der Waals surface area (Å²) in [5.41, 5.74) is 4.18. The summed E-state index contributed by atoms with van der Waals surface area (Å²) in [5, 5.41) is 15.5. The molecule has 0 fully saturated rings. The van der Waals surface area contributed by atoms with E-state index in [0.29, 0.717) is 5.71 Å². The fraction of sp³-hybridized carbons (Fsp3) is 0.222. The fourth-order valence-corrected chi connectivity index (χ4v) is 2.16. The smallest absolute Gasteiger partial charge is 0.338 e. The Morgan fingerprint density at radius 1 is 1.19 bits per heavy atom. The molecule has 0 atom stereocenters. The number of carbonyl (C=O) groups is 1. The second kappa shape index (κ2) is 8.61. The Morgan fingerprint density at radius 2 is 1.85 bits per heavy atom. The summed E-state index contributed by atoms with van der Waals surface area (Å²) in [7, 11) is 1.58. The summed E-state index contributed by atoms with van der Waals surface area (Å²) in [6.07, 6.45) is 0. The number of anilines is 1. The standard InChI is InChI=1S/C18H19N3O5/c1-4-26-18(22)14-7-10-16(17(11-14)21(23)24)20-19-12(2)13-5-8-15(25-3)9-6-13/h5-11,20H,4H2,1-3H3. The lowest BCUT2D eigenvalue weighted by molar-refractivity contribution is -0.384. The van der Waals surface area contributed by atoms with E-state index in [1.165, 1.54) is 18.2 Å². The summed E-state index contributed by atoms with van der Waals surface area (Å²) in [5.74, 6) is 0.111. The molecule has 0 aliphatic carbocycles. The third kappa shape index (κ3) is 4.56. The van der Waals surface area contributed by atoms with Crippen LogP contribution in [-0.4, -0.2) is 30.3 Å². The Kier molecular flexibility index (Phi) is 6.26. The van der Waals surface area contributed by atoms with Crippen molar-refractivity contribution in [2.24, 2.45) is 5.10 Å². The number of hydrazone groups is 1. The lowest BCUT2D eigenvalue weighted by atomic mass is 10.1. The molecule has 26 heavy (non-hydrogen) atoms. The molecule has 0 aromatic heterocycles. The lowest BCUT2D eigenvalue weighted by Gasteiger charge is -2.07. The van der Waals surface area contributed by atoms with Crippen LogP contribution in [0.3, 0.4) is 0 Å². The molecular weight excluding hydrogens is 338 g/mol. The Balaban J connectivity index is 2.24. The summed E-state index contributed by atoms with van der Waals surface area (Å²) in [6.45, 7) is 3.63. The number of rotatable bonds is 7. The number of hydrogen-bond acceptors (Lipinski definition) is 7. The number of nitro groups is 1. The van der Waals surface area contributed by atoms with E-state index in [2.05, 4.69) is 10.5 Å². The molecule has 0 aliphatic heterocycles. The zero-order valence-electron chi connectivity index (χ0n) is 14.7. The SMILES string of the molecule is CCOC(=O)c1ccc(NN=C(C)c2ccc(OC)cc2)c([N+](=O)[O-])c1. The van der Waals surface area contributed by atoms with Gasteiger partial charge in [-0.25, -0.2) is 4.79 Å². The van der Waals surface area contributed by atoms with Gasteiger partial charge in [-0.3, -0.25) is 15.5 Å². The van der Waals surface area contributed by atoms with Gasteiger partial charge in [0.15, 0.2) is 0 Å². The number of methoxy groups -OCH3 is 1. The Labute approximate surface area is 150 Å². The molecule has 0 saturated heterocycles. The van der Waals surface area contributed by atoms with Crippen molar-refractivity contribution in [3.05, 3.63) is 63.7 Å². The summed E-state index contributed by atoms with van der Waals surface area (Å²) in [4.78, 5) is 22.4. The predicted molar refractivity (Wildman–Crippen MR) is 97.9 cm³/mol. The van der Waals surface area contributed by atoms with E-state index in [4.69, 9.17) is 9.47 Å². The zero-order chi connectivity index (χ0) is 19.1. The van der Waals surface area contributed by atoms with E-state index in [1.54, 1.807) is 33.1 Å². The normalized spacial score (nSPS) is 11.0. The maximum Gasteiger partial charge on any atom is 0.338 e. The topological polar surface area (TPSA) is 103 Å². The molecule has 0 spiro atoms. The maximum atomic E-state index is 11.7. The van der Waals surface area contributed by atoms with Gasteiger partial charge in [-0.1, -0.05) is 0 Å². The van der Waals surface area contributed by atoms with Gasteiger partial charge >= 0.3 is 5.97 Å². The molecule has 1 N–H and O–H groups in total. The third-order valence-electron chi connectivity index (χ3n) is 3.56. The van der Waals surface area contributed by atoms with Crippen LogP contribution in [0.4, 0.5) is 11.4 Å². The van der Waals surface area contributed by atoms with Crippen LogP contribution in [0.5, 0.6) is 5.75 Å². The highest BCUT2D eigenvalue weighted by atomic mass is 16.6. The quantitative estimate of drug-likeness (QED) is 0.351. The third-order valence-corrected chi connectivity index (χ3v) is 3.56. The van der Waals surface area contributed by atoms with Crippen molar-refractivity contribution in [2.45, 2.75) is 13.8 Å². The molecule has 2 aromatic rings. The van der Waals surface area contributed by atoms with Crippen LogP contribution in [0.2, 0.25) is 0 Å². The molecule has 2 rings (SSSR count). The number of esters is 1. The summed E-state index contributed by atoms with van der Waals surface area (Å²) >= 11 is 0. The first-order valence-electron chi connectivity index (χ1n) is 7.86. The van der Waals surface area contributed by atoms with Gasteiger partial charge in [0, 0.05) is 6.07 Å². The largest absolute Gasteiger partial charge is 0.497 e. The predicted octanol–water partition coefficient (Wildman–Crippen LogP) is 3.62. The average Bonchev–Trinajstić information content (AvgIpc) is 2.66. The van der Waals surface area contributed by atoms with Crippen molar-refractivity contribution in [3.63, 3.8) is 0 Å². The number of benzene rings is 2. The number of carbonyl (C=O) groups excluding carboxylic acids is 1. The maximum absolute atomic E-state index is 11.7. The number of nitrogens with one attached hydrogen (secondary N) is 1. The molecule has 0 amide bonds. The molecule has 0 heterocycles. The monoisotopic (exact) mass is 357 g/mol. The van der Waals surface area contributed by atoms with Crippen LogP contribution in [0.25, 0.3) is 0 Å². The van der Waals surface area contributed by atoms with Crippen molar-refractivity contribution in [2.75, 3.05) is 19.1 Å². The molecule has 0 aliphatic rings. The van der Waals surface area contributed by atoms with Gasteiger partial charge in [-0.2, -0.15) is 5.10 Å². The van der Waals surface area contributed by atoms with Gasteiger partial charge in [-0.15, -0.1) is 0 Å². The first-order valence-corrected chi connectivity index (χ1v) is 7.86. The number of nitro benzene ring substituents is 1. The molecule has 136 valence electrons. The van der Waals surface area contributed by atoms with Gasteiger partial charge in [0.05, 0.1) is 29.9 Å². The summed E-state index contributed by atoms with van der Waals surface area (Å²) < 4.78 is 9.96. The minimum atomic E-state index is -0.611. The second-order valence-electron chi connectivity index (χ2n) is 5.25. The van der Waals surface area contributed by atoms with Crippen LogP contribution in [-0.2, 0) is 4.74 Å². The van der Waals surface area contributed by atoms with Crippen molar-refractivity contribution in [1.82, 2.24) is 0 Å². The average molecular weight is 357 g/mol.